The molecular weight excluding hydrogens is 1260 g/mol. The second kappa shape index (κ2) is 60.5. The summed E-state index contributed by atoms with van der Waals surface area (Å²) in [6.45, 7) is 1.64. The van der Waals surface area contributed by atoms with Gasteiger partial charge in [0.05, 0.1) is 38.6 Å². The van der Waals surface area contributed by atoms with Gasteiger partial charge < -0.3 is 89.9 Å². The van der Waals surface area contributed by atoms with Crippen molar-refractivity contribution in [3.05, 3.63) is 72.9 Å². The standard InChI is InChI=1S/C80H143NO18/c1-3-5-7-9-11-13-15-17-19-21-23-25-27-29-30-31-32-34-36-38-40-42-44-46-48-50-52-54-56-58-68(86)81-63(64(85)57-55-53-51-49-47-45-43-41-39-37-35-33-28-26-24-22-20-18-16-14-12-10-8-6-4-2)62-94-78-74(92)71(89)76(66(60-83)96-78)99-80-75(93)72(90)77(67(61-84)97-80)98-79-73(91)70(88)69(87)65(59-82)95-79/h5,7,11,13,17,19,23,25,47,49,55,57,63-67,69-80,82-85,87-93H,3-4,6,8-10,12,14-16,18,20-22,24,26-46,48,50-54,56,58-62H2,1-2H3,(H,81,86)/b7-5-,13-11-,19-17-,25-23-,49-47+,57-55+. The lowest BCUT2D eigenvalue weighted by atomic mass is 9.96. The maximum atomic E-state index is 13.5. The molecule has 17 unspecified atom stereocenters. The number of aliphatic hydroxyl groups excluding tert-OH is 11. The summed E-state index contributed by atoms with van der Waals surface area (Å²) in [6.07, 6.45) is 51.7. The van der Waals surface area contributed by atoms with Crippen molar-refractivity contribution >= 4 is 5.91 Å². The number of unbranched alkanes of at least 4 members (excludes halogenated alkanes) is 36. The van der Waals surface area contributed by atoms with E-state index in [4.69, 9.17) is 28.4 Å². The van der Waals surface area contributed by atoms with Crippen LogP contribution in [-0.2, 0) is 33.2 Å². The minimum atomic E-state index is -1.98. The number of hydrogen-bond donors (Lipinski definition) is 12. The Morgan fingerprint density at radius 2 is 0.707 bits per heavy atom. The van der Waals surface area contributed by atoms with Crippen molar-refractivity contribution in [1.82, 2.24) is 5.32 Å². The molecule has 3 rings (SSSR count). The van der Waals surface area contributed by atoms with Crippen molar-refractivity contribution < 1.29 is 89.4 Å². The summed E-state index contributed by atoms with van der Waals surface area (Å²) in [5.74, 6) is -0.284. The van der Waals surface area contributed by atoms with Crippen LogP contribution >= 0.6 is 0 Å². The highest BCUT2D eigenvalue weighted by Crippen LogP contribution is 2.33. The summed E-state index contributed by atoms with van der Waals surface area (Å²) >= 11 is 0. The van der Waals surface area contributed by atoms with Gasteiger partial charge in [-0.05, 0) is 70.6 Å². The molecular formula is C80H143NO18. The van der Waals surface area contributed by atoms with Gasteiger partial charge in [0.15, 0.2) is 18.9 Å². The van der Waals surface area contributed by atoms with E-state index in [1.807, 2.05) is 6.08 Å². The van der Waals surface area contributed by atoms with E-state index in [0.29, 0.717) is 12.8 Å². The number of aliphatic hydroxyl groups is 11. The van der Waals surface area contributed by atoms with Gasteiger partial charge in [-0.25, -0.2) is 0 Å². The Bertz CT molecular complexity index is 2070. The predicted molar refractivity (Wildman–Crippen MR) is 392 cm³/mol. The third kappa shape index (κ3) is 40.9. The number of hydrogen-bond acceptors (Lipinski definition) is 18. The minimum Gasteiger partial charge on any atom is -0.394 e. The maximum Gasteiger partial charge on any atom is 0.220 e. The largest absolute Gasteiger partial charge is 0.394 e. The van der Waals surface area contributed by atoms with Gasteiger partial charge in [0.1, 0.15) is 73.2 Å². The van der Waals surface area contributed by atoms with E-state index >= 15 is 0 Å². The molecule has 12 N–H and O–H groups in total. The van der Waals surface area contributed by atoms with Gasteiger partial charge >= 0.3 is 0 Å². The normalized spacial score (nSPS) is 27.0. The van der Waals surface area contributed by atoms with Crippen LogP contribution in [0.1, 0.15) is 296 Å². The van der Waals surface area contributed by atoms with Gasteiger partial charge in [-0.2, -0.15) is 0 Å². The Morgan fingerprint density at radius 3 is 1.13 bits per heavy atom. The van der Waals surface area contributed by atoms with Gasteiger partial charge in [-0.15, -0.1) is 0 Å². The van der Waals surface area contributed by atoms with Gasteiger partial charge in [-0.1, -0.05) is 292 Å². The Kier molecular flexibility index (Phi) is 55.3. The highest BCUT2D eigenvalue weighted by Gasteiger charge is 2.53. The van der Waals surface area contributed by atoms with Crippen LogP contribution in [-0.4, -0.2) is 193 Å². The van der Waals surface area contributed by atoms with Crippen molar-refractivity contribution in [1.29, 1.82) is 0 Å². The molecule has 0 aromatic carbocycles. The molecule has 99 heavy (non-hydrogen) atoms. The summed E-state index contributed by atoms with van der Waals surface area (Å²) in [5, 5.41) is 121. The second-order valence-corrected chi connectivity index (χ2v) is 28.1. The monoisotopic (exact) mass is 1410 g/mol. The smallest absolute Gasteiger partial charge is 0.220 e. The SMILES string of the molecule is CC/C=C\C/C=C\C/C=C\C/C=C\CCCCCCCCCCCCCCCCCCC(=O)NC(COC1OC(CO)C(OC2OC(CO)C(OC3OC(CO)C(O)C(O)C3O)C(O)C2O)C(O)C1O)C(O)/C=C/CC/C=C/CCCCCCCCCCCCCCCCCCCCC. The van der Waals surface area contributed by atoms with E-state index in [1.165, 1.54) is 199 Å². The fourth-order valence-corrected chi connectivity index (χ4v) is 13.1. The second-order valence-electron chi connectivity index (χ2n) is 28.1. The predicted octanol–water partition coefficient (Wildman–Crippen LogP) is 12.8. The Labute approximate surface area is 598 Å². The van der Waals surface area contributed by atoms with E-state index in [-0.39, 0.29) is 18.9 Å². The van der Waals surface area contributed by atoms with E-state index in [9.17, 15) is 61.0 Å². The minimum absolute atomic E-state index is 0.234. The van der Waals surface area contributed by atoms with Gasteiger partial charge in [0.2, 0.25) is 5.91 Å². The fourth-order valence-electron chi connectivity index (χ4n) is 13.1. The Morgan fingerprint density at radius 1 is 0.374 bits per heavy atom. The third-order valence-electron chi connectivity index (χ3n) is 19.5. The molecule has 3 saturated heterocycles. The van der Waals surface area contributed by atoms with Crippen LogP contribution in [0.3, 0.4) is 0 Å². The van der Waals surface area contributed by atoms with Crippen LogP contribution < -0.4 is 5.32 Å². The molecule has 0 aromatic rings. The van der Waals surface area contributed by atoms with Gasteiger partial charge in [-0.3, -0.25) is 4.79 Å². The zero-order valence-electron chi connectivity index (χ0n) is 61.5. The van der Waals surface area contributed by atoms with Crippen LogP contribution in [0, 0.1) is 0 Å². The molecule has 3 aliphatic heterocycles. The number of allylic oxidation sites excluding steroid dienone is 11. The van der Waals surface area contributed by atoms with Crippen LogP contribution in [0.25, 0.3) is 0 Å². The molecule has 0 aliphatic carbocycles. The average Bonchev–Trinajstić information content (AvgIpc) is 0.785. The van der Waals surface area contributed by atoms with Gasteiger partial charge in [0.25, 0.3) is 0 Å². The lowest BCUT2D eigenvalue weighted by molar-refractivity contribution is -0.379. The molecule has 3 aliphatic rings. The fraction of sp³-hybridized carbons (Fsp3) is 0.838. The van der Waals surface area contributed by atoms with Crippen LogP contribution in [0.4, 0.5) is 0 Å². The highest BCUT2D eigenvalue weighted by molar-refractivity contribution is 5.76. The molecule has 0 spiro atoms. The first-order valence-electron chi connectivity index (χ1n) is 39.7. The average molecular weight is 1410 g/mol. The lowest BCUT2D eigenvalue weighted by Crippen LogP contribution is -2.66. The van der Waals surface area contributed by atoms with E-state index in [2.05, 4.69) is 79.9 Å². The molecule has 576 valence electrons. The zero-order chi connectivity index (χ0) is 71.8. The van der Waals surface area contributed by atoms with Crippen LogP contribution in [0.2, 0.25) is 0 Å². The number of carbonyl (C=O) groups is 1. The number of rotatable bonds is 62. The van der Waals surface area contributed by atoms with E-state index in [0.717, 1.165) is 64.2 Å². The van der Waals surface area contributed by atoms with Crippen molar-refractivity contribution in [2.45, 2.75) is 401 Å². The molecule has 0 radical (unpaired) electrons. The number of ether oxygens (including phenoxy) is 6. The summed E-state index contributed by atoms with van der Waals surface area (Å²) < 4.78 is 34.4. The summed E-state index contributed by atoms with van der Waals surface area (Å²) in [4.78, 5) is 13.5. The molecule has 19 heteroatoms. The van der Waals surface area contributed by atoms with Crippen molar-refractivity contribution in [2.75, 3.05) is 26.4 Å². The molecule has 0 aromatic heterocycles. The summed E-state index contributed by atoms with van der Waals surface area (Å²) in [7, 11) is 0. The maximum absolute atomic E-state index is 13.5. The highest BCUT2D eigenvalue weighted by atomic mass is 16.8. The number of amides is 1. The van der Waals surface area contributed by atoms with Crippen LogP contribution in [0.15, 0.2) is 72.9 Å². The number of carbonyl (C=O) groups excluding carboxylic acids is 1. The first kappa shape index (κ1) is 90.4. The summed E-state index contributed by atoms with van der Waals surface area (Å²) in [5.41, 5.74) is 0. The zero-order valence-corrected chi connectivity index (χ0v) is 61.5. The van der Waals surface area contributed by atoms with E-state index < -0.39 is 124 Å². The van der Waals surface area contributed by atoms with E-state index in [1.54, 1.807) is 6.08 Å². The molecule has 1 amide bonds. The molecule has 0 saturated carbocycles. The van der Waals surface area contributed by atoms with Gasteiger partial charge in [0, 0.05) is 6.42 Å². The molecule has 19 nitrogen and oxygen atoms in total. The lowest BCUT2D eigenvalue weighted by Gasteiger charge is -2.48. The van der Waals surface area contributed by atoms with Crippen molar-refractivity contribution in [3.8, 4) is 0 Å². The quantitative estimate of drug-likeness (QED) is 0.0199. The Balaban J connectivity index is 1.39. The topological polar surface area (TPSA) is 307 Å². The van der Waals surface area contributed by atoms with Crippen molar-refractivity contribution in [2.24, 2.45) is 0 Å². The molecule has 3 heterocycles. The molecule has 0 bridgehead atoms. The molecule has 17 atom stereocenters. The first-order valence-corrected chi connectivity index (χ1v) is 39.7. The Hall–Kier alpha value is -2.77. The van der Waals surface area contributed by atoms with Crippen molar-refractivity contribution in [3.63, 3.8) is 0 Å². The first-order chi connectivity index (χ1) is 48.3. The van der Waals surface area contributed by atoms with Crippen LogP contribution in [0.5, 0.6) is 0 Å². The third-order valence-corrected chi connectivity index (χ3v) is 19.5. The summed E-state index contributed by atoms with van der Waals surface area (Å²) in [6, 6.07) is -0.994. The number of nitrogens with one attached hydrogen (secondary N) is 1. The molecule has 3 fully saturated rings.